The second kappa shape index (κ2) is 9.88. The van der Waals surface area contributed by atoms with Gasteiger partial charge in [-0.25, -0.2) is 0 Å². The summed E-state index contributed by atoms with van der Waals surface area (Å²) in [4.78, 5) is 43.1. The third-order valence-corrected chi connectivity index (χ3v) is 10.3. The van der Waals surface area contributed by atoms with Gasteiger partial charge in [0, 0.05) is 10.8 Å². The van der Waals surface area contributed by atoms with Crippen LogP contribution >= 0.6 is 11.8 Å². The van der Waals surface area contributed by atoms with E-state index >= 15 is 0 Å². The van der Waals surface area contributed by atoms with E-state index in [-0.39, 0.29) is 53.5 Å². The quantitative estimate of drug-likeness (QED) is 0.460. The van der Waals surface area contributed by atoms with Gasteiger partial charge in [0.2, 0.25) is 11.8 Å². The Bertz CT molecular complexity index is 840. The molecule has 0 aromatic heterocycles. The number of hydrogen-bond donors (Lipinski definition) is 2. The number of likely N-dealkylation sites (tertiary alicyclic amines) is 1. The molecule has 200 valence electrons. The van der Waals surface area contributed by atoms with Crippen LogP contribution in [-0.4, -0.2) is 68.6 Å². The molecule has 0 aromatic carbocycles. The number of carbonyl (C=O) groups excluding carboxylic acids is 3. The standard InChI is InChI=1S/C27H46N2O5S/c1-10-15(3)17(13-30)29-21(22(31)28-26(8,9)14-25(5,6)7)27-16(4)12-18(35-27)19(20(27)23(29)32)24(33)34-11-2/h15-21,30H,10-14H2,1-9H3,(H,28,31)/t15-,16?,17-,18-,19+,20-,21?,27?/m0/s1. The third kappa shape index (κ3) is 4.86. The highest BCUT2D eigenvalue weighted by molar-refractivity contribution is 8.02. The summed E-state index contributed by atoms with van der Waals surface area (Å²) in [5.41, 5.74) is -0.467. The van der Waals surface area contributed by atoms with Gasteiger partial charge in [-0.05, 0) is 50.9 Å². The molecule has 8 heteroatoms. The summed E-state index contributed by atoms with van der Waals surface area (Å²) < 4.78 is 4.71. The molecule has 2 bridgehead atoms. The predicted molar refractivity (Wildman–Crippen MR) is 139 cm³/mol. The molecule has 3 aliphatic rings. The van der Waals surface area contributed by atoms with E-state index in [1.165, 1.54) is 0 Å². The van der Waals surface area contributed by atoms with Gasteiger partial charge in [-0.3, -0.25) is 14.4 Å². The molecule has 3 aliphatic heterocycles. The van der Waals surface area contributed by atoms with Crippen LogP contribution in [0.25, 0.3) is 0 Å². The minimum atomic E-state index is -0.741. The van der Waals surface area contributed by atoms with Crippen molar-refractivity contribution in [1.29, 1.82) is 0 Å². The predicted octanol–water partition coefficient (Wildman–Crippen LogP) is 3.62. The minimum absolute atomic E-state index is 0.00983. The third-order valence-electron chi connectivity index (χ3n) is 8.27. The van der Waals surface area contributed by atoms with Crippen LogP contribution in [0.1, 0.15) is 81.6 Å². The van der Waals surface area contributed by atoms with Crippen LogP contribution < -0.4 is 5.32 Å². The highest BCUT2D eigenvalue weighted by Crippen LogP contribution is 2.69. The van der Waals surface area contributed by atoms with E-state index in [2.05, 4.69) is 33.0 Å². The zero-order valence-corrected chi connectivity index (χ0v) is 23.8. The topological polar surface area (TPSA) is 95.9 Å². The lowest BCUT2D eigenvalue weighted by molar-refractivity contribution is -0.154. The van der Waals surface area contributed by atoms with Crippen LogP contribution in [0, 0.1) is 29.1 Å². The van der Waals surface area contributed by atoms with E-state index in [0.29, 0.717) is 0 Å². The smallest absolute Gasteiger partial charge is 0.310 e. The van der Waals surface area contributed by atoms with E-state index in [1.807, 2.05) is 27.7 Å². The lowest BCUT2D eigenvalue weighted by atomic mass is 9.66. The van der Waals surface area contributed by atoms with Gasteiger partial charge in [-0.1, -0.05) is 48.0 Å². The van der Waals surface area contributed by atoms with Gasteiger partial charge in [0.05, 0.1) is 35.8 Å². The second-order valence-electron chi connectivity index (χ2n) is 12.8. The fraction of sp³-hybridized carbons (Fsp3) is 0.889. The first-order chi connectivity index (χ1) is 16.1. The van der Waals surface area contributed by atoms with Gasteiger partial charge >= 0.3 is 5.97 Å². The average Bonchev–Trinajstić information content (AvgIpc) is 3.30. The molecule has 8 atom stereocenters. The molecule has 35 heavy (non-hydrogen) atoms. The molecule has 3 rings (SSSR count). The average molecular weight is 511 g/mol. The maximum absolute atomic E-state index is 14.2. The Hall–Kier alpha value is -1.28. The summed E-state index contributed by atoms with van der Waals surface area (Å²) in [6.45, 7) is 18.4. The van der Waals surface area contributed by atoms with Crippen molar-refractivity contribution in [2.45, 2.75) is 109 Å². The van der Waals surface area contributed by atoms with Gasteiger partial charge < -0.3 is 20.1 Å². The SMILES string of the molecule is CCOC(=O)[C@@H]1[C@@H]2CC(C)C3(S2)C(C(=O)NC(C)(C)CC(C)(C)C)N([C@@H](CO)[C@@H](C)CC)C(=O)[C@H]13. The van der Waals surface area contributed by atoms with E-state index < -0.39 is 34.2 Å². The van der Waals surface area contributed by atoms with Crippen LogP contribution in [-0.2, 0) is 19.1 Å². The van der Waals surface area contributed by atoms with Gasteiger partial charge in [0.15, 0.2) is 0 Å². The number of nitrogens with one attached hydrogen (secondary N) is 1. The number of aliphatic hydroxyl groups excluding tert-OH is 1. The molecule has 3 unspecified atom stereocenters. The van der Waals surface area contributed by atoms with E-state index in [4.69, 9.17) is 4.74 Å². The zero-order valence-electron chi connectivity index (χ0n) is 23.0. The summed E-state index contributed by atoms with van der Waals surface area (Å²) in [6, 6.07) is -1.22. The van der Waals surface area contributed by atoms with Crippen LogP contribution in [0.3, 0.4) is 0 Å². The Balaban J connectivity index is 2.09. The van der Waals surface area contributed by atoms with E-state index in [1.54, 1.807) is 23.6 Å². The van der Waals surface area contributed by atoms with Crippen LogP contribution in [0.5, 0.6) is 0 Å². The zero-order chi connectivity index (χ0) is 26.5. The Morgan fingerprint density at radius 3 is 2.40 bits per heavy atom. The van der Waals surface area contributed by atoms with Crippen molar-refractivity contribution in [3.8, 4) is 0 Å². The number of esters is 1. The summed E-state index contributed by atoms with van der Waals surface area (Å²) in [5.74, 6) is -1.77. The molecule has 2 N–H and O–H groups in total. The number of thioether (sulfide) groups is 1. The normalized spacial score (nSPS) is 34.1. The van der Waals surface area contributed by atoms with Crippen molar-refractivity contribution >= 4 is 29.5 Å². The minimum Gasteiger partial charge on any atom is -0.466 e. The molecular weight excluding hydrogens is 464 g/mol. The molecule has 0 aliphatic carbocycles. The highest BCUT2D eigenvalue weighted by atomic mass is 32.2. The van der Waals surface area contributed by atoms with Crippen LogP contribution in [0.15, 0.2) is 0 Å². The maximum atomic E-state index is 14.2. The summed E-state index contributed by atoms with van der Waals surface area (Å²) in [5, 5.41) is 13.7. The number of rotatable bonds is 9. The number of hydrogen-bond acceptors (Lipinski definition) is 6. The largest absolute Gasteiger partial charge is 0.466 e. The summed E-state index contributed by atoms with van der Waals surface area (Å²) in [6.07, 6.45) is 2.31. The van der Waals surface area contributed by atoms with Gasteiger partial charge in [0.1, 0.15) is 6.04 Å². The lowest BCUT2D eigenvalue weighted by Gasteiger charge is -2.43. The van der Waals surface area contributed by atoms with Crippen molar-refractivity contribution < 1.29 is 24.2 Å². The van der Waals surface area contributed by atoms with E-state index in [9.17, 15) is 19.5 Å². The van der Waals surface area contributed by atoms with Crippen molar-refractivity contribution in [1.82, 2.24) is 10.2 Å². The number of fused-ring (bicyclic) bond motifs is 1. The van der Waals surface area contributed by atoms with Gasteiger partial charge in [-0.15, -0.1) is 11.8 Å². The number of carbonyl (C=O) groups is 3. The maximum Gasteiger partial charge on any atom is 0.310 e. The Labute approximate surface area is 215 Å². The van der Waals surface area contributed by atoms with Crippen molar-refractivity contribution in [3.05, 3.63) is 0 Å². The van der Waals surface area contributed by atoms with E-state index in [0.717, 1.165) is 19.3 Å². The second-order valence-corrected chi connectivity index (χ2v) is 14.3. The van der Waals surface area contributed by atoms with Crippen molar-refractivity contribution in [3.63, 3.8) is 0 Å². The van der Waals surface area contributed by atoms with Crippen molar-refractivity contribution in [2.75, 3.05) is 13.2 Å². The first-order valence-electron chi connectivity index (χ1n) is 13.2. The summed E-state index contributed by atoms with van der Waals surface area (Å²) >= 11 is 1.64. The monoisotopic (exact) mass is 510 g/mol. The number of aliphatic hydroxyl groups is 1. The Kier molecular flexibility index (Phi) is 7.99. The molecule has 1 spiro atoms. The molecule has 2 amide bonds. The molecule has 7 nitrogen and oxygen atoms in total. The molecule has 0 saturated carbocycles. The Morgan fingerprint density at radius 1 is 1.26 bits per heavy atom. The highest BCUT2D eigenvalue weighted by Gasteiger charge is 2.77. The number of ether oxygens (including phenoxy) is 1. The van der Waals surface area contributed by atoms with Crippen molar-refractivity contribution in [2.24, 2.45) is 29.1 Å². The van der Waals surface area contributed by atoms with Gasteiger partial charge in [0.25, 0.3) is 0 Å². The molecular formula is C27H46N2O5S. The molecule has 3 saturated heterocycles. The fourth-order valence-electron chi connectivity index (χ4n) is 7.21. The first-order valence-corrected chi connectivity index (χ1v) is 14.1. The van der Waals surface area contributed by atoms with Crippen LogP contribution in [0.2, 0.25) is 0 Å². The lowest BCUT2D eigenvalue weighted by Crippen LogP contribution is -2.62. The molecule has 3 heterocycles. The van der Waals surface area contributed by atoms with Crippen LogP contribution in [0.4, 0.5) is 0 Å². The molecule has 0 radical (unpaired) electrons. The molecule has 3 fully saturated rings. The summed E-state index contributed by atoms with van der Waals surface area (Å²) in [7, 11) is 0. The van der Waals surface area contributed by atoms with Gasteiger partial charge in [-0.2, -0.15) is 0 Å². The molecule has 0 aromatic rings. The number of nitrogens with zero attached hydrogens (tertiary/aromatic N) is 1. The fourth-order valence-corrected chi connectivity index (χ4v) is 9.60. The number of amides is 2. The Morgan fingerprint density at radius 2 is 1.89 bits per heavy atom. The first kappa shape index (κ1) is 28.3.